The minimum Gasteiger partial charge on any atom is -0.726 e. The van der Waals surface area contributed by atoms with Gasteiger partial charge in [0.2, 0.25) is 33.5 Å². The van der Waals surface area contributed by atoms with Gasteiger partial charge in [0.1, 0.15) is 0 Å². The van der Waals surface area contributed by atoms with E-state index in [0.717, 1.165) is 44.9 Å². The summed E-state index contributed by atoms with van der Waals surface area (Å²) in [6, 6.07) is 0. The molecule has 0 saturated carbocycles. The van der Waals surface area contributed by atoms with Crippen LogP contribution in [-0.4, -0.2) is 45.4 Å². The van der Waals surface area contributed by atoms with E-state index < -0.39 is 10.4 Å². The standard InChI is InChI=1S/C19H30O8S.K/c1-14-15(17(21)19(26-3)18(25-2)16(14)20)12-10-8-6-4-5-7-9-11-13-27-28(22,23)24;/h4-13H2,1-3H3,(H,22,23,24);/q;+1/p-1. The van der Waals surface area contributed by atoms with E-state index >= 15 is 0 Å². The van der Waals surface area contributed by atoms with E-state index in [1.54, 1.807) is 6.92 Å². The number of unbranched alkanes of at least 4 members (excludes halogenated alkanes) is 7. The van der Waals surface area contributed by atoms with Crippen molar-refractivity contribution in [2.75, 3.05) is 20.8 Å². The molecule has 0 fully saturated rings. The number of ketones is 2. The quantitative estimate of drug-likeness (QED) is 0.117. The Bertz CT molecular complexity index is 724. The Balaban J connectivity index is 0.00000784. The molecule has 0 saturated heterocycles. The van der Waals surface area contributed by atoms with Gasteiger partial charge in [0.05, 0.1) is 20.8 Å². The first kappa shape index (κ1) is 28.9. The SMILES string of the molecule is COC1=C(OC)C(=O)C(CCCCCCCCCCOS(=O)(=O)[O-])=C(C)C1=O.[K+]. The second-order valence-corrected chi connectivity index (χ2v) is 7.69. The summed E-state index contributed by atoms with van der Waals surface area (Å²) in [5, 5.41) is 0. The monoisotopic (exact) mass is 456 g/mol. The summed E-state index contributed by atoms with van der Waals surface area (Å²) < 4.78 is 45.0. The van der Waals surface area contributed by atoms with Crippen molar-refractivity contribution in [2.45, 2.75) is 64.7 Å². The maximum atomic E-state index is 12.5. The molecule has 0 aromatic rings. The fourth-order valence-electron chi connectivity index (χ4n) is 3.12. The first-order chi connectivity index (χ1) is 13.2. The first-order valence-corrected chi connectivity index (χ1v) is 10.8. The Morgan fingerprint density at radius 1 is 0.793 bits per heavy atom. The molecule has 1 rings (SSSR count). The van der Waals surface area contributed by atoms with Crippen molar-refractivity contribution in [1.29, 1.82) is 0 Å². The van der Waals surface area contributed by atoms with Gasteiger partial charge in [0, 0.05) is 11.1 Å². The largest absolute Gasteiger partial charge is 1.00 e. The van der Waals surface area contributed by atoms with Crippen LogP contribution in [0.4, 0.5) is 0 Å². The summed E-state index contributed by atoms with van der Waals surface area (Å²) in [5.74, 6) is -0.643. The molecule has 0 radical (unpaired) electrons. The number of carbonyl (C=O) groups excluding carboxylic acids is 2. The van der Waals surface area contributed by atoms with Gasteiger partial charge in [0.15, 0.2) is 0 Å². The average Bonchev–Trinajstić information content (AvgIpc) is 2.63. The summed E-state index contributed by atoms with van der Waals surface area (Å²) in [7, 11) is -1.88. The summed E-state index contributed by atoms with van der Waals surface area (Å²) >= 11 is 0. The zero-order valence-corrected chi connectivity index (χ0v) is 21.7. The normalized spacial score (nSPS) is 14.9. The molecule has 0 heterocycles. The third kappa shape index (κ3) is 10.2. The summed E-state index contributed by atoms with van der Waals surface area (Å²) in [5.41, 5.74) is 0.918. The molecule has 0 amide bonds. The molecule has 8 nitrogen and oxygen atoms in total. The van der Waals surface area contributed by atoms with Gasteiger partial charge in [-0.2, -0.15) is 0 Å². The number of allylic oxidation sites excluding steroid dienone is 2. The molecule has 1 aliphatic rings. The van der Waals surface area contributed by atoms with E-state index in [1.807, 2.05) is 0 Å². The van der Waals surface area contributed by atoms with Crippen LogP contribution in [0.5, 0.6) is 0 Å². The van der Waals surface area contributed by atoms with Gasteiger partial charge in [0.25, 0.3) is 0 Å². The molecular formula is C19H29KO8S. The molecule has 160 valence electrons. The number of Topliss-reactive ketones (excluding diaryl/α,β-unsaturated/α-hetero) is 2. The van der Waals surface area contributed by atoms with Crippen molar-refractivity contribution in [2.24, 2.45) is 0 Å². The number of hydrogen-bond donors (Lipinski definition) is 0. The van der Waals surface area contributed by atoms with Crippen LogP contribution >= 0.6 is 0 Å². The summed E-state index contributed by atoms with van der Waals surface area (Å²) in [4.78, 5) is 24.8. The third-order valence-electron chi connectivity index (χ3n) is 4.64. The fourth-order valence-corrected chi connectivity index (χ4v) is 3.44. The molecule has 10 heteroatoms. The van der Waals surface area contributed by atoms with Crippen molar-refractivity contribution in [3.05, 3.63) is 22.7 Å². The molecule has 0 unspecified atom stereocenters. The minimum absolute atomic E-state index is 0. The number of methoxy groups -OCH3 is 2. The van der Waals surface area contributed by atoms with Gasteiger partial charge in [-0.05, 0) is 26.2 Å². The van der Waals surface area contributed by atoms with Crippen LogP contribution in [0.1, 0.15) is 64.7 Å². The average molecular weight is 457 g/mol. The van der Waals surface area contributed by atoms with Gasteiger partial charge >= 0.3 is 51.4 Å². The molecule has 0 bridgehead atoms. The Labute approximate surface area is 215 Å². The maximum Gasteiger partial charge on any atom is 1.00 e. The van der Waals surface area contributed by atoms with E-state index in [-0.39, 0.29) is 81.1 Å². The second-order valence-electron chi connectivity index (χ2n) is 6.64. The number of rotatable bonds is 14. The zero-order valence-electron chi connectivity index (χ0n) is 17.7. The van der Waals surface area contributed by atoms with E-state index in [0.29, 0.717) is 24.0 Å². The molecule has 0 aliphatic heterocycles. The van der Waals surface area contributed by atoms with Gasteiger partial charge < -0.3 is 14.0 Å². The predicted octanol–water partition coefficient (Wildman–Crippen LogP) is -0.0492. The van der Waals surface area contributed by atoms with Crippen LogP contribution in [0.15, 0.2) is 22.7 Å². The number of carbonyl (C=O) groups is 2. The van der Waals surface area contributed by atoms with Crippen LogP contribution in [0.25, 0.3) is 0 Å². The van der Waals surface area contributed by atoms with Crippen molar-refractivity contribution in [1.82, 2.24) is 0 Å². The fraction of sp³-hybridized carbons (Fsp3) is 0.684. The topological polar surface area (TPSA) is 119 Å². The minimum atomic E-state index is -4.58. The Kier molecular flexibility index (Phi) is 14.8. The second kappa shape index (κ2) is 14.8. The molecule has 29 heavy (non-hydrogen) atoms. The Hall–Kier alpha value is -0.0736. The molecule has 0 aromatic heterocycles. The molecule has 0 atom stereocenters. The Morgan fingerprint density at radius 3 is 1.72 bits per heavy atom. The van der Waals surface area contributed by atoms with E-state index in [9.17, 15) is 22.6 Å². The first-order valence-electron chi connectivity index (χ1n) is 9.44. The van der Waals surface area contributed by atoms with Crippen LogP contribution in [0.2, 0.25) is 0 Å². The molecule has 0 N–H and O–H groups in total. The van der Waals surface area contributed by atoms with E-state index in [1.165, 1.54) is 14.2 Å². The third-order valence-corrected chi connectivity index (χ3v) is 5.10. The number of hydrogen-bond acceptors (Lipinski definition) is 8. The molecule has 0 spiro atoms. The van der Waals surface area contributed by atoms with Gasteiger partial charge in [-0.25, -0.2) is 8.42 Å². The Morgan fingerprint density at radius 2 is 1.24 bits per heavy atom. The summed E-state index contributed by atoms with van der Waals surface area (Å²) in [6.45, 7) is 1.58. The predicted molar refractivity (Wildman–Crippen MR) is 101 cm³/mol. The van der Waals surface area contributed by atoms with E-state index in [2.05, 4.69) is 4.18 Å². The van der Waals surface area contributed by atoms with Gasteiger partial charge in [-0.3, -0.25) is 13.8 Å². The van der Waals surface area contributed by atoms with Crippen LogP contribution in [0, 0.1) is 0 Å². The van der Waals surface area contributed by atoms with Crippen molar-refractivity contribution < 1.29 is 87.6 Å². The van der Waals surface area contributed by atoms with Crippen LogP contribution in [-0.2, 0) is 33.6 Å². The molecule has 1 aliphatic carbocycles. The van der Waals surface area contributed by atoms with Gasteiger partial charge in [-0.1, -0.05) is 38.5 Å². The van der Waals surface area contributed by atoms with Crippen LogP contribution < -0.4 is 51.4 Å². The van der Waals surface area contributed by atoms with Crippen molar-refractivity contribution in [3.8, 4) is 0 Å². The van der Waals surface area contributed by atoms with Crippen molar-refractivity contribution >= 4 is 22.0 Å². The van der Waals surface area contributed by atoms with Gasteiger partial charge in [-0.15, -0.1) is 0 Å². The maximum absolute atomic E-state index is 12.5. The van der Waals surface area contributed by atoms with Crippen LogP contribution in [0.3, 0.4) is 0 Å². The van der Waals surface area contributed by atoms with E-state index in [4.69, 9.17) is 9.47 Å². The zero-order chi connectivity index (χ0) is 21.2. The summed E-state index contributed by atoms with van der Waals surface area (Å²) in [6.07, 6.45) is 7.63. The number of ether oxygens (including phenoxy) is 2. The molecule has 0 aromatic carbocycles. The smallest absolute Gasteiger partial charge is 0.726 e. The van der Waals surface area contributed by atoms with Crippen molar-refractivity contribution in [3.63, 3.8) is 0 Å². The molecular weight excluding hydrogens is 427 g/mol.